The first kappa shape index (κ1) is 20.3. The second kappa shape index (κ2) is 8.31. The van der Waals surface area contributed by atoms with Crippen LogP contribution in [0.15, 0.2) is 58.2 Å². The number of carbonyl (C=O) groups excluding carboxylic acids is 1. The molecule has 0 fully saturated rings. The molecular formula is C17H11F3N4O4S. The maximum atomic E-state index is 12.7. The van der Waals surface area contributed by atoms with Gasteiger partial charge >= 0.3 is 6.18 Å². The smallest absolute Gasteiger partial charge is 0.411 e. The monoisotopic (exact) mass is 424 g/mol. The molecule has 0 saturated heterocycles. The number of thioether (sulfide) groups is 1. The fraction of sp³-hybridized carbons (Fsp3) is 0.118. The lowest BCUT2D eigenvalue weighted by Crippen LogP contribution is -2.15. The van der Waals surface area contributed by atoms with Crippen molar-refractivity contribution in [1.82, 2.24) is 10.2 Å². The number of aromatic nitrogens is 2. The minimum absolute atomic E-state index is 0.0162. The van der Waals surface area contributed by atoms with Crippen LogP contribution in [0.25, 0.3) is 11.5 Å². The predicted molar refractivity (Wildman–Crippen MR) is 97.2 cm³/mol. The van der Waals surface area contributed by atoms with Gasteiger partial charge in [-0.3, -0.25) is 14.9 Å². The van der Waals surface area contributed by atoms with Crippen molar-refractivity contribution in [3.05, 3.63) is 64.2 Å². The molecule has 1 aromatic heterocycles. The van der Waals surface area contributed by atoms with Gasteiger partial charge in [0.1, 0.15) is 0 Å². The highest BCUT2D eigenvalue weighted by Crippen LogP contribution is 2.31. The van der Waals surface area contributed by atoms with Crippen molar-refractivity contribution in [2.45, 2.75) is 11.4 Å². The molecule has 3 aromatic rings. The Morgan fingerprint density at radius 2 is 1.90 bits per heavy atom. The van der Waals surface area contributed by atoms with Gasteiger partial charge in [0.05, 0.1) is 16.2 Å². The van der Waals surface area contributed by atoms with Crippen molar-refractivity contribution in [3.63, 3.8) is 0 Å². The summed E-state index contributed by atoms with van der Waals surface area (Å²) in [4.78, 5) is 22.1. The number of anilines is 1. The summed E-state index contributed by atoms with van der Waals surface area (Å²) in [6.45, 7) is 0. The van der Waals surface area contributed by atoms with Crippen LogP contribution in [0.2, 0.25) is 0 Å². The molecule has 0 saturated carbocycles. The summed E-state index contributed by atoms with van der Waals surface area (Å²) in [5.74, 6) is -0.608. The van der Waals surface area contributed by atoms with E-state index in [1.54, 1.807) is 0 Å². The van der Waals surface area contributed by atoms with Gasteiger partial charge in [-0.25, -0.2) is 0 Å². The number of nitrogens with one attached hydrogen (secondary N) is 1. The van der Waals surface area contributed by atoms with Crippen molar-refractivity contribution in [2.75, 3.05) is 11.1 Å². The molecule has 1 heterocycles. The van der Waals surface area contributed by atoms with Gasteiger partial charge in [0.25, 0.3) is 10.9 Å². The van der Waals surface area contributed by atoms with Crippen LogP contribution in [-0.4, -0.2) is 26.8 Å². The molecule has 1 amide bonds. The summed E-state index contributed by atoms with van der Waals surface area (Å²) < 4.78 is 43.5. The van der Waals surface area contributed by atoms with Crippen molar-refractivity contribution in [1.29, 1.82) is 0 Å². The number of non-ortho nitro benzene ring substituents is 1. The Balaban J connectivity index is 1.58. The number of alkyl halides is 3. The molecule has 0 aliphatic heterocycles. The molecule has 12 heteroatoms. The third-order valence-electron chi connectivity index (χ3n) is 3.53. The molecule has 8 nitrogen and oxygen atoms in total. The zero-order valence-corrected chi connectivity index (χ0v) is 15.2. The van der Waals surface area contributed by atoms with Crippen LogP contribution in [0.4, 0.5) is 24.5 Å². The number of nitro groups is 1. The van der Waals surface area contributed by atoms with Crippen molar-refractivity contribution in [3.8, 4) is 11.5 Å². The van der Waals surface area contributed by atoms with Crippen LogP contribution in [0.1, 0.15) is 5.56 Å². The second-order valence-corrected chi connectivity index (χ2v) is 6.52. The van der Waals surface area contributed by atoms with E-state index in [-0.39, 0.29) is 28.2 Å². The zero-order chi connectivity index (χ0) is 21.0. The summed E-state index contributed by atoms with van der Waals surface area (Å²) in [6.07, 6.45) is -4.51. The summed E-state index contributed by atoms with van der Waals surface area (Å²) in [5, 5.41) is 20.6. The first-order valence-corrected chi connectivity index (χ1v) is 8.89. The number of halogens is 3. The molecule has 150 valence electrons. The SMILES string of the molecule is O=C(CSc1nnc(-c2ccc([N+](=O)[O-])cc2)o1)Nc1cccc(C(F)(F)F)c1. The van der Waals surface area contributed by atoms with Gasteiger partial charge in [-0.15, -0.1) is 10.2 Å². The van der Waals surface area contributed by atoms with Gasteiger partial charge in [-0.1, -0.05) is 17.8 Å². The van der Waals surface area contributed by atoms with E-state index in [2.05, 4.69) is 15.5 Å². The number of rotatable bonds is 6. The summed E-state index contributed by atoms with van der Waals surface area (Å²) in [7, 11) is 0. The van der Waals surface area contributed by atoms with Gasteiger partial charge in [-0.2, -0.15) is 13.2 Å². The number of hydrogen-bond acceptors (Lipinski definition) is 7. The molecule has 0 aliphatic rings. The Hall–Kier alpha value is -3.41. The summed E-state index contributed by atoms with van der Waals surface area (Å²) in [5.41, 5.74) is -0.479. The zero-order valence-electron chi connectivity index (χ0n) is 14.3. The van der Waals surface area contributed by atoms with E-state index in [9.17, 15) is 28.1 Å². The van der Waals surface area contributed by atoms with Gasteiger partial charge in [0.2, 0.25) is 11.8 Å². The van der Waals surface area contributed by atoms with Gasteiger partial charge in [0, 0.05) is 23.4 Å². The van der Waals surface area contributed by atoms with Crippen molar-refractivity contribution < 1.29 is 27.3 Å². The van der Waals surface area contributed by atoms with E-state index in [0.29, 0.717) is 5.56 Å². The number of benzene rings is 2. The molecule has 0 bridgehead atoms. The van der Waals surface area contributed by atoms with Crippen LogP contribution in [0.3, 0.4) is 0 Å². The first-order chi connectivity index (χ1) is 13.7. The van der Waals surface area contributed by atoms with Crippen molar-refractivity contribution in [2.24, 2.45) is 0 Å². The van der Waals surface area contributed by atoms with Gasteiger partial charge < -0.3 is 9.73 Å². The highest BCUT2D eigenvalue weighted by molar-refractivity contribution is 7.99. The van der Waals surface area contributed by atoms with E-state index in [1.807, 2.05) is 0 Å². The quantitative estimate of drug-likeness (QED) is 0.355. The van der Waals surface area contributed by atoms with Crippen LogP contribution in [0, 0.1) is 10.1 Å². The van der Waals surface area contributed by atoms with E-state index in [4.69, 9.17) is 4.42 Å². The lowest BCUT2D eigenvalue weighted by Gasteiger charge is -2.09. The standard InChI is InChI=1S/C17H11F3N4O4S/c18-17(19,20)11-2-1-3-12(8-11)21-14(25)9-29-16-23-22-15(28-16)10-4-6-13(7-5-10)24(26)27/h1-8H,9H2,(H,21,25). The van der Waals surface area contributed by atoms with Gasteiger partial charge in [0.15, 0.2) is 0 Å². The third-order valence-corrected chi connectivity index (χ3v) is 4.35. The molecular weight excluding hydrogens is 413 g/mol. The number of nitrogens with zero attached hydrogens (tertiary/aromatic N) is 3. The van der Waals surface area contributed by atoms with Crippen molar-refractivity contribution >= 4 is 29.0 Å². The second-order valence-electron chi connectivity index (χ2n) is 5.59. The van der Waals surface area contributed by atoms with E-state index >= 15 is 0 Å². The van der Waals surface area contributed by atoms with E-state index in [1.165, 1.54) is 36.4 Å². The number of hydrogen-bond donors (Lipinski definition) is 1. The van der Waals surface area contributed by atoms with Gasteiger partial charge in [-0.05, 0) is 30.3 Å². The fourth-order valence-corrected chi connectivity index (χ4v) is 2.77. The van der Waals surface area contributed by atoms with E-state index in [0.717, 1.165) is 23.9 Å². The lowest BCUT2D eigenvalue weighted by atomic mass is 10.2. The molecule has 29 heavy (non-hydrogen) atoms. The lowest BCUT2D eigenvalue weighted by molar-refractivity contribution is -0.384. The number of nitro benzene ring substituents is 1. The highest BCUT2D eigenvalue weighted by atomic mass is 32.2. The average molecular weight is 424 g/mol. The Bertz CT molecular complexity index is 1040. The molecule has 0 radical (unpaired) electrons. The fourth-order valence-electron chi connectivity index (χ4n) is 2.21. The normalized spacial score (nSPS) is 11.3. The molecule has 0 aliphatic carbocycles. The third kappa shape index (κ3) is 5.31. The van der Waals surface area contributed by atoms with Crippen LogP contribution in [-0.2, 0) is 11.0 Å². The van der Waals surface area contributed by atoms with E-state index < -0.39 is 22.6 Å². The Kier molecular flexibility index (Phi) is 5.82. The highest BCUT2D eigenvalue weighted by Gasteiger charge is 2.30. The number of amides is 1. The molecule has 2 aromatic carbocycles. The Morgan fingerprint density at radius 3 is 2.55 bits per heavy atom. The summed E-state index contributed by atoms with van der Waals surface area (Å²) >= 11 is 0.898. The molecule has 0 spiro atoms. The molecule has 0 unspecified atom stereocenters. The minimum atomic E-state index is -4.51. The number of carbonyl (C=O) groups is 1. The van der Waals surface area contributed by atoms with Crippen LogP contribution >= 0.6 is 11.8 Å². The first-order valence-electron chi connectivity index (χ1n) is 7.90. The molecule has 0 atom stereocenters. The predicted octanol–water partition coefficient (Wildman–Crippen LogP) is 4.39. The largest absolute Gasteiger partial charge is 0.416 e. The average Bonchev–Trinajstić information content (AvgIpc) is 3.15. The Labute approximate surface area is 165 Å². The minimum Gasteiger partial charge on any atom is -0.411 e. The molecule has 1 N–H and O–H groups in total. The molecule has 3 rings (SSSR count). The summed E-state index contributed by atoms with van der Waals surface area (Å²) in [6, 6.07) is 9.74. The maximum Gasteiger partial charge on any atom is 0.416 e. The van der Waals surface area contributed by atoms with Crippen LogP contribution < -0.4 is 5.32 Å². The Morgan fingerprint density at radius 1 is 1.17 bits per heavy atom. The van der Waals surface area contributed by atoms with Crippen LogP contribution in [0.5, 0.6) is 0 Å². The topological polar surface area (TPSA) is 111 Å². The maximum absolute atomic E-state index is 12.7.